The number of rotatable bonds is 5. The smallest absolute Gasteiger partial charge is 0.0372 e. The molecule has 1 aromatic heterocycles. The molecule has 0 spiro atoms. The molecule has 0 saturated heterocycles. The predicted octanol–water partition coefficient (Wildman–Crippen LogP) is 2.49. The third-order valence-corrected chi connectivity index (χ3v) is 2.51. The Hall–Kier alpha value is -0.890. The zero-order chi connectivity index (χ0) is 10.4. The second kappa shape index (κ2) is 5.76. The number of hydrogen-bond acceptors (Lipinski definition) is 2. The lowest BCUT2D eigenvalue weighted by molar-refractivity contribution is 0.607. The van der Waals surface area contributed by atoms with E-state index in [9.17, 15) is 0 Å². The van der Waals surface area contributed by atoms with Gasteiger partial charge in [0.25, 0.3) is 0 Å². The summed E-state index contributed by atoms with van der Waals surface area (Å²) in [5.41, 5.74) is 2.43. The van der Waals surface area contributed by atoms with E-state index in [0.717, 1.165) is 18.8 Å². The Kier molecular flexibility index (Phi) is 4.60. The van der Waals surface area contributed by atoms with Crippen LogP contribution in [0.4, 0.5) is 0 Å². The van der Waals surface area contributed by atoms with Gasteiger partial charge in [0.1, 0.15) is 0 Å². The fourth-order valence-electron chi connectivity index (χ4n) is 1.43. The van der Waals surface area contributed by atoms with Gasteiger partial charge in [-0.1, -0.05) is 19.9 Å². The van der Waals surface area contributed by atoms with Gasteiger partial charge in [-0.3, -0.25) is 4.98 Å². The molecule has 78 valence electrons. The van der Waals surface area contributed by atoms with Gasteiger partial charge >= 0.3 is 0 Å². The van der Waals surface area contributed by atoms with Crippen LogP contribution < -0.4 is 5.32 Å². The number of aromatic nitrogens is 1. The zero-order valence-corrected chi connectivity index (χ0v) is 9.38. The van der Waals surface area contributed by atoms with Crippen molar-refractivity contribution in [3.63, 3.8) is 0 Å². The minimum absolute atomic E-state index is 0.599. The van der Waals surface area contributed by atoms with Crippen LogP contribution in [0, 0.1) is 6.92 Å². The molecular formula is C12H20N2. The predicted molar refractivity (Wildman–Crippen MR) is 60.5 cm³/mol. The standard InChI is InChI=1S/C12H20N2/c1-4-13-8-7-10(2)12-6-5-11(3)14-9-12/h5-6,9-10,13H,4,7-8H2,1-3H3. The molecule has 1 rings (SSSR count). The van der Waals surface area contributed by atoms with Gasteiger partial charge in [0.2, 0.25) is 0 Å². The fraction of sp³-hybridized carbons (Fsp3) is 0.583. The molecule has 2 nitrogen and oxygen atoms in total. The van der Waals surface area contributed by atoms with Crippen molar-refractivity contribution in [2.75, 3.05) is 13.1 Å². The SMILES string of the molecule is CCNCCC(C)c1ccc(C)nc1. The average molecular weight is 192 g/mol. The Bertz CT molecular complexity index is 254. The molecule has 0 saturated carbocycles. The Morgan fingerprint density at radius 3 is 2.79 bits per heavy atom. The number of aryl methyl sites for hydroxylation is 1. The first-order valence-corrected chi connectivity index (χ1v) is 5.37. The van der Waals surface area contributed by atoms with Crippen molar-refractivity contribution in [2.24, 2.45) is 0 Å². The highest BCUT2D eigenvalue weighted by Gasteiger charge is 2.04. The first-order chi connectivity index (χ1) is 6.74. The van der Waals surface area contributed by atoms with Crippen molar-refractivity contribution in [1.29, 1.82) is 0 Å². The third-order valence-electron chi connectivity index (χ3n) is 2.51. The van der Waals surface area contributed by atoms with Crippen LogP contribution in [0.25, 0.3) is 0 Å². The first-order valence-electron chi connectivity index (χ1n) is 5.37. The normalized spacial score (nSPS) is 12.8. The van der Waals surface area contributed by atoms with Crippen molar-refractivity contribution in [3.8, 4) is 0 Å². The van der Waals surface area contributed by atoms with E-state index in [0.29, 0.717) is 5.92 Å². The molecule has 0 aliphatic rings. The molecule has 0 aliphatic heterocycles. The highest BCUT2D eigenvalue weighted by atomic mass is 14.8. The summed E-state index contributed by atoms with van der Waals surface area (Å²) < 4.78 is 0. The van der Waals surface area contributed by atoms with Gasteiger partial charge < -0.3 is 5.32 Å². The summed E-state index contributed by atoms with van der Waals surface area (Å²) in [4.78, 5) is 4.31. The summed E-state index contributed by atoms with van der Waals surface area (Å²) in [5, 5.41) is 3.34. The molecule has 0 radical (unpaired) electrons. The van der Waals surface area contributed by atoms with Crippen LogP contribution in [-0.4, -0.2) is 18.1 Å². The summed E-state index contributed by atoms with van der Waals surface area (Å²) in [7, 11) is 0. The van der Waals surface area contributed by atoms with E-state index < -0.39 is 0 Å². The minimum Gasteiger partial charge on any atom is -0.317 e. The van der Waals surface area contributed by atoms with Crippen molar-refractivity contribution in [3.05, 3.63) is 29.6 Å². The maximum Gasteiger partial charge on any atom is 0.0372 e. The highest BCUT2D eigenvalue weighted by molar-refractivity contribution is 5.16. The van der Waals surface area contributed by atoms with E-state index in [1.54, 1.807) is 0 Å². The third kappa shape index (κ3) is 3.46. The lowest BCUT2D eigenvalue weighted by Gasteiger charge is -2.11. The number of pyridine rings is 1. The van der Waals surface area contributed by atoms with E-state index in [1.807, 2.05) is 13.1 Å². The molecule has 1 unspecified atom stereocenters. The summed E-state index contributed by atoms with van der Waals surface area (Å²) >= 11 is 0. The molecule has 0 aliphatic carbocycles. The van der Waals surface area contributed by atoms with E-state index in [1.165, 1.54) is 12.0 Å². The molecule has 0 fully saturated rings. The van der Waals surface area contributed by atoms with Crippen LogP contribution in [0.15, 0.2) is 18.3 Å². The molecule has 0 amide bonds. The van der Waals surface area contributed by atoms with Gasteiger partial charge in [-0.25, -0.2) is 0 Å². The minimum atomic E-state index is 0.599. The van der Waals surface area contributed by atoms with E-state index >= 15 is 0 Å². The number of hydrogen-bond donors (Lipinski definition) is 1. The van der Waals surface area contributed by atoms with Gasteiger partial charge in [0.05, 0.1) is 0 Å². The zero-order valence-electron chi connectivity index (χ0n) is 9.38. The quantitative estimate of drug-likeness (QED) is 0.725. The van der Waals surface area contributed by atoms with Crippen molar-refractivity contribution < 1.29 is 0 Å². The van der Waals surface area contributed by atoms with Crippen LogP contribution >= 0.6 is 0 Å². The van der Waals surface area contributed by atoms with Crippen molar-refractivity contribution in [1.82, 2.24) is 10.3 Å². The van der Waals surface area contributed by atoms with Crippen LogP contribution in [0.2, 0.25) is 0 Å². The number of nitrogens with zero attached hydrogens (tertiary/aromatic N) is 1. The van der Waals surface area contributed by atoms with Crippen LogP contribution in [0.1, 0.15) is 37.4 Å². The van der Waals surface area contributed by atoms with Crippen LogP contribution in [-0.2, 0) is 0 Å². The van der Waals surface area contributed by atoms with Crippen LogP contribution in [0.3, 0.4) is 0 Å². The summed E-state index contributed by atoms with van der Waals surface area (Å²) in [6.45, 7) is 8.55. The Labute approximate surface area is 86.8 Å². The van der Waals surface area contributed by atoms with Gasteiger partial charge in [-0.15, -0.1) is 0 Å². The van der Waals surface area contributed by atoms with E-state index in [-0.39, 0.29) is 0 Å². The molecule has 1 atom stereocenters. The number of nitrogens with one attached hydrogen (secondary N) is 1. The molecular weight excluding hydrogens is 172 g/mol. The molecule has 0 bridgehead atoms. The molecule has 1 aromatic rings. The largest absolute Gasteiger partial charge is 0.317 e. The molecule has 2 heteroatoms. The lowest BCUT2D eigenvalue weighted by atomic mass is 9.99. The first kappa shape index (κ1) is 11.2. The fourth-order valence-corrected chi connectivity index (χ4v) is 1.43. The molecule has 1 N–H and O–H groups in total. The Morgan fingerprint density at radius 1 is 1.43 bits per heavy atom. The van der Waals surface area contributed by atoms with E-state index in [2.05, 4.69) is 36.3 Å². The van der Waals surface area contributed by atoms with Crippen molar-refractivity contribution in [2.45, 2.75) is 33.1 Å². The van der Waals surface area contributed by atoms with Crippen LogP contribution in [0.5, 0.6) is 0 Å². The Balaban J connectivity index is 2.43. The highest BCUT2D eigenvalue weighted by Crippen LogP contribution is 2.17. The maximum absolute atomic E-state index is 4.31. The summed E-state index contributed by atoms with van der Waals surface area (Å²) in [6.07, 6.45) is 3.17. The lowest BCUT2D eigenvalue weighted by Crippen LogP contribution is -2.16. The second-order valence-electron chi connectivity index (χ2n) is 3.78. The monoisotopic (exact) mass is 192 g/mol. The maximum atomic E-state index is 4.31. The summed E-state index contributed by atoms with van der Waals surface area (Å²) in [5.74, 6) is 0.599. The van der Waals surface area contributed by atoms with Crippen molar-refractivity contribution >= 4 is 0 Å². The second-order valence-corrected chi connectivity index (χ2v) is 3.78. The molecule has 0 aromatic carbocycles. The summed E-state index contributed by atoms with van der Waals surface area (Å²) in [6, 6.07) is 4.26. The van der Waals surface area contributed by atoms with Gasteiger partial charge in [0, 0.05) is 11.9 Å². The molecule has 1 heterocycles. The van der Waals surface area contributed by atoms with E-state index in [4.69, 9.17) is 0 Å². The molecule has 14 heavy (non-hydrogen) atoms. The topological polar surface area (TPSA) is 24.9 Å². The Morgan fingerprint density at radius 2 is 2.21 bits per heavy atom. The average Bonchev–Trinajstić information content (AvgIpc) is 2.19. The van der Waals surface area contributed by atoms with Gasteiger partial charge in [-0.05, 0) is 44.0 Å². The van der Waals surface area contributed by atoms with Gasteiger partial charge in [-0.2, -0.15) is 0 Å². The van der Waals surface area contributed by atoms with Gasteiger partial charge in [0.15, 0.2) is 0 Å².